The number of nitriles is 1. The Morgan fingerprint density at radius 2 is 1.72 bits per heavy atom. The summed E-state index contributed by atoms with van der Waals surface area (Å²) in [5.74, 6) is 0.663. The summed E-state index contributed by atoms with van der Waals surface area (Å²) in [7, 11) is -3.19. The molecule has 0 amide bonds. The molecule has 3 aliphatic rings. The van der Waals surface area contributed by atoms with Crippen LogP contribution in [0.1, 0.15) is 42.1 Å². The second-order valence-corrected chi connectivity index (χ2v) is 16.6. The fraction of sp³-hybridized carbons (Fsp3) is 0.528. The molecule has 0 saturated carbocycles. The highest BCUT2D eigenvalue weighted by atomic mass is 32.2. The van der Waals surface area contributed by atoms with Crippen molar-refractivity contribution < 1.29 is 21.6 Å². The summed E-state index contributed by atoms with van der Waals surface area (Å²) >= 11 is 0. The third-order valence-corrected chi connectivity index (χ3v) is 12.5. The molecule has 2 aromatic heterocycles. The minimum atomic E-state index is -4.27. The van der Waals surface area contributed by atoms with Gasteiger partial charge in [0.25, 0.3) is 0 Å². The first kappa shape index (κ1) is 34.7. The van der Waals surface area contributed by atoms with E-state index in [1.807, 2.05) is 6.07 Å². The molecule has 3 saturated heterocycles. The highest BCUT2D eigenvalue weighted by Gasteiger charge is 2.46. The van der Waals surface area contributed by atoms with E-state index in [4.69, 9.17) is 0 Å². The van der Waals surface area contributed by atoms with E-state index in [2.05, 4.69) is 61.5 Å². The van der Waals surface area contributed by atoms with Gasteiger partial charge >= 0.3 is 6.18 Å². The molecule has 7 rings (SSSR count). The van der Waals surface area contributed by atoms with Crippen molar-refractivity contribution in [3.05, 3.63) is 65.0 Å². The second kappa shape index (κ2) is 13.1. The molecule has 50 heavy (non-hydrogen) atoms. The predicted molar refractivity (Wildman–Crippen MR) is 187 cm³/mol. The van der Waals surface area contributed by atoms with E-state index in [1.165, 1.54) is 27.8 Å². The Balaban J connectivity index is 0.981. The molecule has 4 aromatic rings. The third kappa shape index (κ3) is 6.93. The Bertz CT molecular complexity index is 2050. The third-order valence-electron chi connectivity index (χ3n) is 11.2. The van der Waals surface area contributed by atoms with Crippen molar-refractivity contribution in [3.63, 3.8) is 0 Å². The average molecular weight is 709 g/mol. The van der Waals surface area contributed by atoms with Crippen molar-refractivity contribution in [1.82, 2.24) is 28.9 Å². The van der Waals surface area contributed by atoms with Gasteiger partial charge in [-0.3, -0.25) is 9.80 Å². The number of likely N-dealkylation sites (tertiary alicyclic amines) is 1. The number of aryl methyl sites for hydroxylation is 1. The summed E-state index contributed by atoms with van der Waals surface area (Å²) in [5.41, 5.74) is 4.49. The maximum atomic E-state index is 13.1. The summed E-state index contributed by atoms with van der Waals surface area (Å²) in [6.45, 7) is 11.6. The number of piperidine rings is 1. The Hall–Kier alpha value is -3.77. The summed E-state index contributed by atoms with van der Waals surface area (Å²) in [5, 5.41) is 21.1. The predicted octanol–water partition coefficient (Wildman–Crippen LogP) is 4.94. The van der Waals surface area contributed by atoms with Crippen molar-refractivity contribution in [2.45, 2.75) is 58.4 Å². The quantitative estimate of drug-likeness (QED) is 0.254. The van der Waals surface area contributed by atoms with Gasteiger partial charge in [0.2, 0.25) is 10.0 Å². The van der Waals surface area contributed by atoms with Crippen molar-refractivity contribution in [1.29, 1.82) is 5.26 Å². The molecule has 0 bridgehead atoms. The zero-order valence-electron chi connectivity index (χ0n) is 28.7. The largest absolute Gasteiger partial charge is 0.393 e. The van der Waals surface area contributed by atoms with Crippen LogP contribution in [0.4, 0.5) is 19.0 Å². The normalized spacial score (nSPS) is 20.0. The molecule has 1 unspecified atom stereocenters. The molecule has 0 N–H and O–H groups in total. The van der Waals surface area contributed by atoms with Crippen molar-refractivity contribution in [2.75, 3.05) is 63.5 Å². The number of fused-ring (bicyclic) bond motifs is 2. The van der Waals surface area contributed by atoms with E-state index in [9.17, 15) is 26.9 Å². The topological polar surface area (TPSA) is 102 Å². The van der Waals surface area contributed by atoms with Gasteiger partial charge in [-0.1, -0.05) is 18.2 Å². The maximum Gasteiger partial charge on any atom is 0.393 e. The first-order valence-corrected chi connectivity index (χ1v) is 19.1. The number of hydrogen-bond acceptors (Lipinski definition) is 8. The Kier molecular flexibility index (Phi) is 9.07. The minimum Gasteiger partial charge on any atom is -0.353 e. The van der Waals surface area contributed by atoms with Crippen LogP contribution in [0.25, 0.3) is 21.7 Å². The molecule has 1 atom stereocenters. The number of piperazine rings is 1. The number of halogens is 3. The van der Waals surface area contributed by atoms with Crippen molar-refractivity contribution in [2.24, 2.45) is 5.41 Å². The summed E-state index contributed by atoms with van der Waals surface area (Å²) in [4.78, 5) is 6.95. The lowest BCUT2D eigenvalue weighted by Gasteiger charge is -2.54. The molecule has 5 heterocycles. The van der Waals surface area contributed by atoms with Crippen LogP contribution in [0.5, 0.6) is 0 Å². The number of anilines is 1. The summed E-state index contributed by atoms with van der Waals surface area (Å²) in [6.07, 6.45) is -0.296. The highest BCUT2D eigenvalue weighted by molar-refractivity contribution is 7.88. The van der Waals surface area contributed by atoms with Gasteiger partial charge in [0, 0.05) is 85.5 Å². The van der Waals surface area contributed by atoms with Crippen LogP contribution < -0.4 is 4.90 Å². The number of hydrogen-bond donors (Lipinski definition) is 0. The zero-order valence-corrected chi connectivity index (χ0v) is 29.6. The molecule has 14 heteroatoms. The van der Waals surface area contributed by atoms with Crippen LogP contribution in [0.3, 0.4) is 0 Å². The van der Waals surface area contributed by atoms with Gasteiger partial charge < -0.3 is 9.47 Å². The van der Waals surface area contributed by atoms with Gasteiger partial charge in [0.1, 0.15) is 11.8 Å². The first-order valence-electron chi connectivity index (χ1n) is 17.2. The van der Waals surface area contributed by atoms with Gasteiger partial charge in [-0.2, -0.15) is 27.8 Å². The Morgan fingerprint density at radius 3 is 2.38 bits per heavy atom. The summed E-state index contributed by atoms with van der Waals surface area (Å²) in [6, 6.07) is 13.7. The van der Waals surface area contributed by atoms with E-state index in [0.29, 0.717) is 44.2 Å². The van der Waals surface area contributed by atoms with Gasteiger partial charge in [-0.25, -0.2) is 8.42 Å². The van der Waals surface area contributed by atoms with Gasteiger partial charge in [-0.15, -0.1) is 5.10 Å². The van der Waals surface area contributed by atoms with Gasteiger partial charge in [0.15, 0.2) is 5.82 Å². The number of alkyl halides is 3. The Morgan fingerprint density at radius 1 is 1.00 bits per heavy atom. The van der Waals surface area contributed by atoms with E-state index < -0.39 is 22.6 Å². The average Bonchev–Trinajstić information content (AvgIpc) is 3.42. The molecule has 266 valence electrons. The van der Waals surface area contributed by atoms with Crippen molar-refractivity contribution in [3.8, 4) is 6.07 Å². The van der Waals surface area contributed by atoms with E-state index in [1.54, 1.807) is 18.3 Å². The van der Waals surface area contributed by atoms with Crippen LogP contribution in [-0.4, -0.2) is 108 Å². The molecule has 3 fully saturated rings. The van der Waals surface area contributed by atoms with Gasteiger partial charge in [-0.05, 0) is 74.7 Å². The number of rotatable bonds is 8. The molecule has 2 aromatic carbocycles. The van der Waals surface area contributed by atoms with Crippen LogP contribution >= 0.6 is 0 Å². The molecule has 0 aliphatic carbocycles. The van der Waals surface area contributed by atoms with E-state index in [0.717, 1.165) is 67.2 Å². The molecule has 0 radical (unpaired) electrons. The number of sulfonamides is 1. The lowest BCUT2D eigenvalue weighted by molar-refractivity contribution is -0.127. The standard InChI is InChI=1S/C36H43F3N8O2S/c1-25(44-12-14-46(15-13-44)50(3,48)49)21-47-30(19-40)17-31-26(2)29(6-7-33(31)47)22-43-10-8-35(9-11-43)23-45(24-35)34-32-16-27(18-36(37,38)39)4-5-28(32)20-41-42-34/h4-7,16-17,20,25H,8-15,18,21-24H2,1-3H3. The number of nitrogens with zero attached hydrogens (tertiary/aromatic N) is 8. The number of benzene rings is 2. The first-order chi connectivity index (χ1) is 23.7. The smallest absolute Gasteiger partial charge is 0.353 e. The van der Waals surface area contributed by atoms with Crippen LogP contribution in [0, 0.1) is 23.7 Å². The molecule has 10 nitrogen and oxygen atoms in total. The summed E-state index contributed by atoms with van der Waals surface area (Å²) < 4.78 is 66.7. The van der Waals surface area contributed by atoms with Gasteiger partial charge in [0.05, 0.1) is 18.9 Å². The monoisotopic (exact) mass is 708 g/mol. The SMILES string of the molecule is Cc1c(CN2CCC3(CC2)CN(c2nncc4ccc(CC(F)(F)F)cc24)C3)ccc2c1cc(C#N)n2CC(C)N1CCN(S(C)(=O)=O)CC1. The molecular weight excluding hydrogens is 666 g/mol. The van der Waals surface area contributed by atoms with Crippen LogP contribution in [0.2, 0.25) is 0 Å². The van der Waals surface area contributed by atoms with E-state index in [-0.39, 0.29) is 17.0 Å². The Labute approximate surface area is 291 Å². The fourth-order valence-electron chi connectivity index (χ4n) is 8.18. The highest BCUT2D eigenvalue weighted by Crippen LogP contribution is 2.44. The zero-order chi connectivity index (χ0) is 35.4. The lowest BCUT2D eigenvalue weighted by Crippen LogP contribution is -2.60. The van der Waals surface area contributed by atoms with Crippen LogP contribution in [0.15, 0.2) is 42.6 Å². The maximum absolute atomic E-state index is 13.1. The molecule has 1 spiro atoms. The second-order valence-electron chi connectivity index (χ2n) is 14.6. The van der Waals surface area contributed by atoms with E-state index >= 15 is 0 Å². The lowest BCUT2D eigenvalue weighted by atomic mass is 9.72. The molecular formula is C36H43F3N8O2S. The fourth-order valence-corrected chi connectivity index (χ4v) is 9.00. The van der Waals surface area contributed by atoms with Crippen LogP contribution in [-0.2, 0) is 29.5 Å². The van der Waals surface area contributed by atoms with Crippen molar-refractivity contribution >= 4 is 37.5 Å². The number of aromatic nitrogens is 3. The minimum absolute atomic E-state index is 0.141. The molecule has 3 aliphatic heterocycles.